The molecule has 0 bridgehead atoms. The average Bonchev–Trinajstić information content (AvgIpc) is 2.69. The molecule has 2 rings (SSSR count). The highest BCUT2D eigenvalue weighted by molar-refractivity contribution is 6.04. The van der Waals surface area contributed by atoms with Crippen molar-refractivity contribution < 1.29 is 23.9 Å². The van der Waals surface area contributed by atoms with Crippen molar-refractivity contribution in [2.45, 2.75) is 0 Å². The molecule has 27 heavy (non-hydrogen) atoms. The molecule has 0 saturated carbocycles. The maximum absolute atomic E-state index is 12.0. The van der Waals surface area contributed by atoms with Crippen molar-refractivity contribution in [1.82, 2.24) is 0 Å². The van der Waals surface area contributed by atoms with E-state index in [0.717, 1.165) is 0 Å². The van der Waals surface area contributed by atoms with E-state index in [1.165, 1.54) is 45.6 Å². The van der Waals surface area contributed by atoms with E-state index in [2.05, 4.69) is 0 Å². The number of nitro benzene ring substituents is 1. The largest absolute Gasteiger partial charge is 0.493 e. The quantitative estimate of drug-likeness (QED) is 0.398. The second-order valence-corrected chi connectivity index (χ2v) is 5.38. The van der Waals surface area contributed by atoms with Crippen LogP contribution in [0.5, 0.6) is 17.2 Å². The van der Waals surface area contributed by atoms with E-state index in [0.29, 0.717) is 28.4 Å². The molecule has 0 radical (unpaired) electrons. The fourth-order valence-electron chi connectivity index (χ4n) is 2.32. The molecule has 0 aliphatic carbocycles. The molecule has 7 nitrogen and oxygen atoms in total. The molecule has 0 aliphatic heterocycles. The third-order valence-electron chi connectivity index (χ3n) is 3.67. The monoisotopic (exact) mass is 369 g/mol. The number of benzene rings is 2. The fourth-order valence-corrected chi connectivity index (χ4v) is 2.32. The van der Waals surface area contributed by atoms with Gasteiger partial charge in [-0.3, -0.25) is 14.9 Å². The standard InChI is InChI=1S/C20H19NO6/c1-25-18-12-15(13-19(26-2)20(18)27-3)7-11-17(22)10-6-14-4-8-16(9-5-14)21(23)24/h4-13H,1-3H3/b10-6+,11-7+. The third-order valence-corrected chi connectivity index (χ3v) is 3.67. The van der Waals surface area contributed by atoms with Gasteiger partial charge in [0.2, 0.25) is 5.75 Å². The number of rotatable bonds is 8. The van der Waals surface area contributed by atoms with Gasteiger partial charge in [0, 0.05) is 12.1 Å². The maximum Gasteiger partial charge on any atom is 0.269 e. The summed E-state index contributed by atoms with van der Waals surface area (Å²) in [5.74, 6) is 1.22. The number of carbonyl (C=O) groups excluding carboxylic acids is 1. The second kappa shape index (κ2) is 9.19. The van der Waals surface area contributed by atoms with Crippen molar-refractivity contribution in [3.8, 4) is 17.2 Å². The molecule has 7 heteroatoms. The van der Waals surface area contributed by atoms with Gasteiger partial charge in [0.1, 0.15) is 0 Å². The van der Waals surface area contributed by atoms with Crippen LogP contribution < -0.4 is 14.2 Å². The molecule has 0 fully saturated rings. The lowest BCUT2D eigenvalue weighted by Gasteiger charge is -2.12. The van der Waals surface area contributed by atoms with Gasteiger partial charge in [-0.15, -0.1) is 0 Å². The fraction of sp³-hybridized carbons (Fsp3) is 0.150. The lowest BCUT2D eigenvalue weighted by Crippen LogP contribution is -1.95. The zero-order valence-corrected chi connectivity index (χ0v) is 15.2. The molecule has 0 amide bonds. The lowest BCUT2D eigenvalue weighted by atomic mass is 10.1. The number of ketones is 1. The van der Waals surface area contributed by atoms with Crippen LogP contribution in [0.1, 0.15) is 11.1 Å². The van der Waals surface area contributed by atoms with Crippen LogP contribution in [-0.2, 0) is 4.79 Å². The summed E-state index contributed by atoms with van der Waals surface area (Å²) in [6.45, 7) is 0. The van der Waals surface area contributed by atoms with Gasteiger partial charge in [-0.05, 0) is 47.5 Å². The Bertz CT molecular complexity index is 859. The Balaban J connectivity index is 2.13. The van der Waals surface area contributed by atoms with Gasteiger partial charge in [-0.25, -0.2) is 0 Å². The number of ether oxygens (including phenoxy) is 3. The first-order chi connectivity index (χ1) is 13.0. The Morgan fingerprint density at radius 3 is 1.85 bits per heavy atom. The van der Waals surface area contributed by atoms with Gasteiger partial charge >= 0.3 is 0 Å². The summed E-state index contributed by atoms with van der Waals surface area (Å²) in [7, 11) is 4.55. The molecule has 0 unspecified atom stereocenters. The Labute approximate surface area is 156 Å². The Morgan fingerprint density at radius 1 is 0.889 bits per heavy atom. The predicted molar refractivity (Wildman–Crippen MR) is 102 cm³/mol. The van der Waals surface area contributed by atoms with Crippen LogP contribution in [-0.4, -0.2) is 32.0 Å². The number of allylic oxidation sites excluding steroid dienone is 2. The van der Waals surface area contributed by atoms with E-state index in [4.69, 9.17) is 14.2 Å². The second-order valence-electron chi connectivity index (χ2n) is 5.38. The number of nitrogens with zero attached hydrogens (tertiary/aromatic N) is 1. The predicted octanol–water partition coefficient (Wildman–Crippen LogP) is 3.92. The molecule has 2 aromatic carbocycles. The summed E-state index contributed by atoms with van der Waals surface area (Å²) >= 11 is 0. The third kappa shape index (κ3) is 5.18. The van der Waals surface area contributed by atoms with Crippen LogP contribution >= 0.6 is 0 Å². The van der Waals surface area contributed by atoms with Gasteiger partial charge < -0.3 is 14.2 Å². The Kier molecular flexibility index (Phi) is 6.71. The van der Waals surface area contributed by atoms with Crippen LogP contribution in [0.25, 0.3) is 12.2 Å². The van der Waals surface area contributed by atoms with Gasteiger partial charge in [-0.1, -0.05) is 12.2 Å². The van der Waals surface area contributed by atoms with Crippen molar-refractivity contribution in [3.05, 3.63) is 69.8 Å². The van der Waals surface area contributed by atoms with Crippen molar-refractivity contribution in [2.24, 2.45) is 0 Å². The van der Waals surface area contributed by atoms with E-state index < -0.39 is 4.92 Å². The molecule has 0 N–H and O–H groups in total. The van der Waals surface area contributed by atoms with Crippen LogP contribution in [0.4, 0.5) is 5.69 Å². The molecule has 0 spiro atoms. The molecule has 140 valence electrons. The molecule has 2 aromatic rings. The topological polar surface area (TPSA) is 87.9 Å². The summed E-state index contributed by atoms with van der Waals surface area (Å²) in [5.41, 5.74) is 1.40. The number of carbonyl (C=O) groups is 1. The molecule has 0 heterocycles. The van der Waals surface area contributed by atoms with Gasteiger partial charge in [0.25, 0.3) is 5.69 Å². The first kappa shape index (κ1) is 19.7. The van der Waals surface area contributed by atoms with E-state index >= 15 is 0 Å². The number of methoxy groups -OCH3 is 3. The first-order valence-electron chi connectivity index (χ1n) is 7.93. The molecule has 0 aromatic heterocycles. The van der Waals surface area contributed by atoms with E-state index in [1.54, 1.807) is 36.4 Å². The Morgan fingerprint density at radius 2 is 1.41 bits per heavy atom. The molecule has 0 atom stereocenters. The average molecular weight is 369 g/mol. The minimum Gasteiger partial charge on any atom is -0.493 e. The summed E-state index contributed by atoms with van der Waals surface area (Å²) in [4.78, 5) is 22.2. The summed E-state index contributed by atoms with van der Waals surface area (Å²) < 4.78 is 15.8. The van der Waals surface area contributed by atoms with Crippen LogP contribution in [0.3, 0.4) is 0 Å². The summed E-state index contributed by atoms with van der Waals surface area (Å²) in [6, 6.07) is 9.37. The number of hydrogen-bond acceptors (Lipinski definition) is 6. The normalized spacial score (nSPS) is 10.9. The smallest absolute Gasteiger partial charge is 0.269 e. The zero-order valence-electron chi connectivity index (χ0n) is 15.2. The first-order valence-corrected chi connectivity index (χ1v) is 7.93. The van der Waals surface area contributed by atoms with Gasteiger partial charge in [0.05, 0.1) is 26.3 Å². The summed E-state index contributed by atoms with van der Waals surface area (Å²) in [6.07, 6.45) is 6.01. The highest BCUT2D eigenvalue weighted by atomic mass is 16.6. The van der Waals surface area contributed by atoms with E-state index in [1.807, 2.05) is 0 Å². The van der Waals surface area contributed by atoms with E-state index in [9.17, 15) is 14.9 Å². The minimum atomic E-state index is -0.473. The SMILES string of the molecule is COc1cc(/C=C/C(=O)/C=C/c2ccc([N+](=O)[O-])cc2)cc(OC)c1OC. The van der Waals surface area contributed by atoms with Crippen molar-refractivity contribution >= 4 is 23.6 Å². The zero-order chi connectivity index (χ0) is 19.8. The van der Waals surface area contributed by atoms with E-state index in [-0.39, 0.29) is 11.5 Å². The Hall–Kier alpha value is -3.61. The number of hydrogen-bond donors (Lipinski definition) is 0. The highest BCUT2D eigenvalue weighted by Crippen LogP contribution is 2.38. The number of nitro groups is 1. The minimum absolute atomic E-state index is 0.000715. The van der Waals surface area contributed by atoms with Crippen LogP contribution in [0.15, 0.2) is 48.6 Å². The summed E-state index contributed by atoms with van der Waals surface area (Å²) in [5, 5.41) is 10.6. The lowest BCUT2D eigenvalue weighted by molar-refractivity contribution is -0.384. The van der Waals surface area contributed by atoms with Gasteiger partial charge in [-0.2, -0.15) is 0 Å². The van der Waals surface area contributed by atoms with Crippen LogP contribution in [0.2, 0.25) is 0 Å². The molecule has 0 saturated heterocycles. The van der Waals surface area contributed by atoms with Crippen molar-refractivity contribution in [3.63, 3.8) is 0 Å². The number of non-ortho nitro benzene ring substituents is 1. The maximum atomic E-state index is 12.0. The van der Waals surface area contributed by atoms with Crippen LogP contribution in [0, 0.1) is 10.1 Å². The van der Waals surface area contributed by atoms with Gasteiger partial charge in [0.15, 0.2) is 17.3 Å². The molecule has 0 aliphatic rings. The van der Waals surface area contributed by atoms with Crippen molar-refractivity contribution in [1.29, 1.82) is 0 Å². The van der Waals surface area contributed by atoms with Crippen molar-refractivity contribution in [2.75, 3.05) is 21.3 Å². The molecular formula is C20H19NO6. The highest BCUT2D eigenvalue weighted by Gasteiger charge is 2.12. The molecular weight excluding hydrogens is 350 g/mol.